The molecule has 0 radical (unpaired) electrons. The number of benzene rings is 2. The zero-order valence-electron chi connectivity index (χ0n) is 16.3. The zero-order valence-corrected chi connectivity index (χ0v) is 16.3. The van der Waals surface area contributed by atoms with E-state index >= 15 is 0 Å². The molecular formula is C22H29NO3. The third kappa shape index (κ3) is 5.25. The Bertz CT molecular complexity index is 710. The van der Waals surface area contributed by atoms with Gasteiger partial charge < -0.3 is 14.8 Å². The van der Waals surface area contributed by atoms with Crippen molar-refractivity contribution in [3.05, 3.63) is 59.7 Å². The standard InChI is InChI=1S/C22H29NO3/c1-6-25-19-13-11-18(12-14-19)16(4)23-22(24)17(5)26-21-10-8-7-9-20(21)15(2)3/h7-17H,6H2,1-5H3,(H,23,24)/t16-,17+/m0/s1. The predicted molar refractivity (Wildman–Crippen MR) is 105 cm³/mol. The van der Waals surface area contributed by atoms with Gasteiger partial charge >= 0.3 is 0 Å². The lowest BCUT2D eigenvalue weighted by Crippen LogP contribution is -2.37. The second-order valence-corrected chi connectivity index (χ2v) is 6.68. The minimum absolute atomic E-state index is 0.107. The van der Waals surface area contributed by atoms with Gasteiger partial charge in [-0.2, -0.15) is 0 Å². The highest BCUT2D eigenvalue weighted by Gasteiger charge is 2.19. The molecule has 0 aromatic heterocycles. The number of nitrogens with one attached hydrogen (secondary N) is 1. The lowest BCUT2D eigenvalue weighted by Gasteiger charge is -2.21. The third-order valence-electron chi connectivity index (χ3n) is 4.26. The lowest BCUT2D eigenvalue weighted by atomic mass is 10.0. The highest BCUT2D eigenvalue weighted by Crippen LogP contribution is 2.27. The van der Waals surface area contributed by atoms with E-state index in [4.69, 9.17) is 9.47 Å². The summed E-state index contributed by atoms with van der Waals surface area (Å²) in [6, 6.07) is 15.5. The molecule has 2 aromatic carbocycles. The molecule has 0 fully saturated rings. The first kappa shape index (κ1) is 19.8. The fraction of sp³-hybridized carbons (Fsp3) is 0.409. The van der Waals surface area contributed by atoms with Gasteiger partial charge in [0.25, 0.3) is 5.91 Å². The number of hydrogen-bond acceptors (Lipinski definition) is 3. The molecule has 1 amide bonds. The number of para-hydroxylation sites is 1. The number of carbonyl (C=O) groups excluding carboxylic acids is 1. The summed E-state index contributed by atoms with van der Waals surface area (Å²) in [5.74, 6) is 1.80. The molecule has 26 heavy (non-hydrogen) atoms. The highest BCUT2D eigenvalue weighted by atomic mass is 16.5. The first-order chi connectivity index (χ1) is 12.4. The van der Waals surface area contributed by atoms with E-state index in [1.165, 1.54) is 0 Å². The molecule has 4 nitrogen and oxygen atoms in total. The minimum atomic E-state index is -0.569. The van der Waals surface area contributed by atoms with Gasteiger partial charge in [0.2, 0.25) is 0 Å². The number of ether oxygens (including phenoxy) is 2. The van der Waals surface area contributed by atoms with E-state index in [-0.39, 0.29) is 11.9 Å². The first-order valence-electron chi connectivity index (χ1n) is 9.21. The second kappa shape index (κ2) is 9.27. The van der Waals surface area contributed by atoms with E-state index in [0.717, 1.165) is 22.6 Å². The van der Waals surface area contributed by atoms with Gasteiger partial charge in [-0.1, -0.05) is 44.2 Å². The molecule has 0 spiro atoms. The Labute approximate surface area is 156 Å². The number of hydrogen-bond donors (Lipinski definition) is 1. The van der Waals surface area contributed by atoms with Crippen LogP contribution < -0.4 is 14.8 Å². The number of rotatable bonds is 8. The van der Waals surface area contributed by atoms with Gasteiger partial charge in [-0.3, -0.25) is 4.79 Å². The second-order valence-electron chi connectivity index (χ2n) is 6.68. The van der Waals surface area contributed by atoms with Gasteiger partial charge in [-0.15, -0.1) is 0 Å². The Morgan fingerprint density at radius 3 is 2.27 bits per heavy atom. The molecule has 4 heteroatoms. The maximum Gasteiger partial charge on any atom is 0.261 e. The summed E-state index contributed by atoms with van der Waals surface area (Å²) in [6.45, 7) is 10.6. The topological polar surface area (TPSA) is 47.6 Å². The summed E-state index contributed by atoms with van der Waals surface area (Å²) in [7, 11) is 0. The van der Waals surface area contributed by atoms with Crippen molar-refractivity contribution < 1.29 is 14.3 Å². The highest BCUT2D eigenvalue weighted by molar-refractivity contribution is 5.81. The Morgan fingerprint density at radius 1 is 1.00 bits per heavy atom. The van der Waals surface area contributed by atoms with Crippen molar-refractivity contribution in [2.24, 2.45) is 0 Å². The Morgan fingerprint density at radius 2 is 1.65 bits per heavy atom. The van der Waals surface area contributed by atoms with Crippen LogP contribution in [-0.4, -0.2) is 18.6 Å². The Hall–Kier alpha value is -2.49. The molecule has 2 rings (SSSR count). The predicted octanol–water partition coefficient (Wildman–Crippen LogP) is 4.85. The lowest BCUT2D eigenvalue weighted by molar-refractivity contribution is -0.127. The first-order valence-corrected chi connectivity index (χ1v) is 9.21. The molecule has 140 valence electrons. The minimum Gasteiger partial charge on any atom is -0.494 e. The molecule has 0 aliphatic carbocycles. The molecule has 0 bridgehead atoms. The molecule has 0 unspecified atom stereocenters. The zero-order chi connectivity index (χ0) is 19.1. The summed E-state index contributed by atoms with van der Waals surface area (Å²) in [5, 5.41) is 3.01. The normalized spacial score (nSPS) is 13.2. The van der Waals surface area contributed by atoms with Crippen molar-refractivity contribution in [3.63, 3.8) is 0 Å². The van der Waals surface area contributed by atoms with Crippen LogP contribution >= 0.6 is 0 Å². The van der Waals surface area contributed by atoms with E-state index in [0.29, 0.717) is 12.5 Å². The van der Waals surface area contributed by atoms with Crippen LogP contribution in [0.3, 0.4) is 0 Å². The number of amides is 1. The largest absolute Gasteiger partial charge is 0.494 e. The number of carbonyl (C=O) groups is 1. The van der Waals surface area contributed by atoms with Crippen LogP contribution in [0.1, 0.15) is 57.7 Å². The summed E-state index contributed by atoms with van der Waals surface area (Å²) in [4.78, 5) is 12.5. The average molecular weight is 355 g/mol. The van der Waals surface area contributed by atoms with Crippen molar-refractivity contribution >= 4 is 5.91 Å². The summed E-state index contributed by atoms with van der Waals surface area (Å²) in [5.41, 5.74) is 2.13. The molecule has 0 saturated carbocycles. The van der Waals surface area contributed by atoms with E-state index < -0.39 is 6.10 Å². The molecule has 1 N–H and O–H groups in total. The Balaban J connectivity index is 1.98. The molecule has 0 aliphatic rings. The fourth-order valence-electron chi connectivity index (χ4n) is 2.74. The van der Waals surface area contributed by atoms with Gasteiger partial charge in [-0.25, -0.2) is 0 Å². The average Bonchev–Trinajstić information content (AvgIpc) is 2.62. The third-order valence-corrected chi connectivity index (χ3v) is 4.26. The van der Waals surface area contributed by atoms with E-state index in [1.54, 1.807) is 6.92 Å². The van der Waals surface area contributed by atoms with Crippen molar-refractivity contribution in [2.45, 2.75) is 52.7 Å². The van der Waals surface area contributed by atoms with Crippen LogP contribution in [0.15, 0.2) is 48.5 Å². The Kier molecular flexibility index (Phi) is 7.07. The summed E-state index contributed by atoms with van der Waals surface area (Å²) >= 11 is 0. The van der Waals surface area contributed by atoms with E-state index in [9.17, 15) is 4.79 Å². The van der Waals surface area contributed by atoms with E-state index in [1.807, 2.05) is 62.4 Å². The van der Waals surface area contributed by atoms with Gasteiger partial charge in [0.1, 0.15) is 11.5 Å². The van der Waals surface area contributed by atoms with Crippen LogP contribution in [-0.2, 0) is 4.79 Å². The van der Waals surface area contributed by atoms with Crippen LogP contribution in [0.2, 0.25) is 0 Å². The van der Waals surface area contributed by atoms with Gasteiger partial charge in [0.05, 0.1) is 12.6 Å². The van der Waals surface area contributed by atoms with Crippen LogP contribution in [0.25, 0.3) is 0 Å². The van der Waals surface area contributed by atoms with Crippen molar-refractivity contribution in [2.75, 3.05) is 6.61 Å². The molecule has 2 atom stereocenters. The van der Waals surface area contributed by atoms with Gasteiger partial charge in [0, 0.05) is 0 Å². The molecular weight excluding hydrogens is 326 g/mol. The smallest absolute Gasteiger partial charge is 0.261 e. The summed E-state index contributed by atoms with van der Waals surface area (Å²) in [6.07, 6.45) is -0.569. The van der Waals surface area contributed by atoms with Crippen molar-refractivity contribution in [1.82, 2.24) is 5.32 Å². The monoisotopic (exact) mass is 355 g/mol. The van der Waals surface area contributed by atoms with Crippen LogP contribution in [0.4, 0.5) is 0 Å². The van der Waals surface area contributed by atoms with E-state index in [2.05, 4.69) is 19.2 Å². The van der Waals surface area contributed by atoms with Gasteiger partial charge in [-0.05, 0) is 56.0 Å². The van der Waals surface area contributed by atoms with Crippen molar-refractivity contribution in [3.8, 4) is 11.5 Å². The molecule has 2 aromatic rings. The quantitative estimate of drug-likeness (QED) is 0.736. The fourth-order valence-corrected chi connectivity index (χ4v) is 2.74. The molecule has 0 saturated heterocycles. The maximum absolute atomic E-state index is 12.5. The van der Waals surface area contributed by atoms with Gasteiger partial charge in [0.15, 0.2) is 6.10 Å². The maximum atomic E-state index is 12.5. The van der Waals surface area contributed by atoms with Crippen LogP contribution in [0.5, 0.6) is 11.5 Å². The van der Waals surface area contributed by atoms with Crippen LogP contribution in [0, 0.1) is 0 Å². The SMILES string of the molecule is CCOc1ccc([C@H](C)NC(=O)[C@@H](C)Oc2ccccc2C(C)C)cc1. The van der Waals surface area contributed by atoms with Crippen molar-refractivity contribution in [1.29, 1.82) is 0 Å². The molecule has 0 aliphatic heterocycles. The summed E-state index contributed by atoms with van der Waals surface area (Å²) < 4.78 is 11.4. The molecule has 0 heterocycles.